The molecule has 4 nitrogen and oxygen atoms in total. The Kier molecular flexibility index (Phi) is 5.87. The van der Waals surface area contributed by atoms with Crippen molar-refractivity contribution in [1.29, 1.82) is 5.26 Å². The maximum Gasteiger partial charge on any atom is 0.262 e. The summed E-state index contributed by atoms with van der Waals surface area (Å²) < 4.78 is 14.4. The van der Waals surface area contributed by atoms with Crippen molar-refractivity contribution in [2.24, 2.45) is 0 Å². The molecule has 0 unspecified atom stereocenters. The fraction of sp³-hybridized carbons (Fsp3) is 0.273. The van der Waals surface area contributed by atoms with Gasteiger partial charge in [-0.2, -0.15) is 5.26 Å². The molecule has 1 amide bonds. The molecule has 2 aromatic carbocycles. The molecule has 5 heteroatoms. The molecule has 0 spiro atoms. The van der Waals surface area contributed by atoms with E-state index in [0.29, 0.717) is 11.3 Å². The van der Waals surface area contributed by atoms with Crippen LogP contribution in [-0.2, 0) is 4.79 Å². The Hall–Kier alpha value is -3.13. The molecule has 1 atom stereocenters. The summed E-state index contributed by atoms with van der Waals surface area (Å²) in [5.74, 6) is -0.807. The third kappa shape index (κ3) is 4.53. The van der Waals surface area contributed by atoms with Crippen LogP contribution in [0, 0.1) is 17.1 Å². The quantitative estimate of drug-likeness (QED) is 0.639. The first kappa shape index (κ1) is 18.7. The summed E-state index contributed by atoms with van der Waals surface area (Å²) in [7, 11) is 0. The number of carbonyl (C=O) groups excluding carboxylic acids is 1. The Morgan fingerprint density at radius 3 is 2.56 bits per heavy atom. The van der Waals surface area contributed by atoms with Gasteiger partial charge in [0, 0.05) is 13.1 Å². The minimum Gasteiger partial charge on any atom is -0.369 e. The number of nitriles is 1. The van der Waals surface area contributed by atoms with Gasteiger partial charge in [-0.15, -0.1) is 0 Å². The second-order valence-corrected chi connectivity index (χ2v) is 6.68. The molecule has 1 N–H and O–H groups in total. The van der Waals surface area contributed by atoms with Crippen molar-refractivity contribution in [3.05, 3.63) is 71.0 Å². The summed E-state index contributed by atoms with van der Waals surface area (Å²) in [6, 6.07) is 16.0. The van der Waals surface area contributed by atoms with E-state index in [4.69, 9.17) is 0 Å². The molecule has 0 bridgehead atoms. The number of halogens is 1. The van der Waals surface area contributed by atoms with E-state index < -0.39 is 5.91 Å². The molecule has 1 heterocycles. The van der Waals surface area contributed by atoms with E-state index in [9.17, 15) is 14.4 Å². The van der Waals surface area contributed by atoms with Crippen molar-refractivity contribution in [2.45, 2.75) is 25.8 Å². The van der Waals surface area contributed by atoms with E-state index in [1.807, 2.05) is 48.2 Å². The van der Waals surface area contributed by atoms with Gasteiger partial charge in [-0.25, -0.2) is 4.39 Å². The maximum absolute atomic E-state index is 14.4. The molecule has 1 fully saturated rings. The molecular weight excluding hydrogens is 341 g/mol. The zero-order valence-electron chi connectivity index (χ0n) is 15.3. The number of hydrogen-bond acceptors (Lipinski definition) is 3. The molecule has 3 rings (SSSR count). The van der Waals surface area contributed by atoms with Gasteiger partial charge in [0.25, 0.3) is 5.91 Å². The van der Waals surface area contributed by atoms with Crippen molar-refractivity contribution < 1.29 is 9.18 Å². The van der Waals surface area contributed by atoms with E-state index in [1.165, 1.54) is 12.1 Å². The molecule has 0 radical (unpaired) electrons. The number of hydrogen-bond donors (Lipinski definition) is 1. The van der Waals surface area contributed by atoms with Crippen LogP contribution in [0.1, 0.15) is 36.9 Å². The fourth-order valence-corrected chi connectivity index (χ4v) is 3.24. The van der Waals surface area contributed by atoms with Crippen LogP contribution in [0.5, 0.6) is 0 Å². The minimum atomic E-state index is -0.474. The third-order valence-electron chi connectivity index (χ3n) is 4.74. The van der Waals surface area contributed by atoms with Gasteiger partial charge < -0.3 is 10.2 Å². The summed E-state index contributed by atoms with van der Waals surface area (Å²) >= 11 is 0. The Morgan fingerprint density at radius 2 is 1.93 bits per heavy atom. The molecule has 1 aliphatic rings. The van der Waals surface area contributed by atoms with Gasteiger partial charge >= 0.3 is 0 Å². The van der Waals surface area contributed by atoms with Crippen molar-refractivity contribution in [3.8, 4) is 6.07 Å². The number of rotatable bonds is 5. The van der Waals surface area contributed by atoms with Crippen molar-refractivity contribution in [1.82, 2.24) is 5.32 Å². The Bertz CT molecular complexity index is 880. The van der Waals surface area contributed by atoms with Gasteiger partial charge in [0.1, 0.15) is 17.5 Å². The lowest BCUT2D eigenvalue weighted by Gasteiger charge is -2.18. The topological polar surface area (TPSA) is 56.1 Å². The summed E-state index contributed by atoms with van der Waals surface area (Å²) in [6.45, 7) is 3.57. The number of amides is 1. The first-order valence-corrected chi connectivity index (χ1v) is 9.10. The van der Waals surface area contributed by atoms with Gasteiger partial charge in [0.05, 0.1) is 11.7 Å². The molecule has 0 saturated carbocycles. The van der Waals surface area contributed by atoms with Gasteiger partial charge in [-0.3, -0.25) is 4.79 Å². The summed E-state index contributed by atoms with van der Waals surface area (Å²) in [4.78, 5) is 14.4. The molecular formula is C22H22FN3O. The van der Waals surface area contributed by atoms with Gasteiger partial charge in [-0.05, 0) is 49.1 Å². The zero-order valence-corrected chi connectivity index (χ0v) is 15.3. The molecule has 1 aliphatic heterocycles. The van der Waals surface area contributed by atoms with Crippen LogP contribution in [0.4, 0.5) is 10.1 Å². The molecule has 27 heavy (non-hydrogen) atoms. The first-order chi connectivity index (χ1) is 13.1. The Labute approximate surface area is 158 Å². The van der Waals surface area contributed by atoms with Crippen molar-refractivity contribution in [3.63, 3.8) is 0 Å². The smallest absolute Gasteiger partial charge is 0.262 e. The van der Waals surface area contributed by atoms with Gasteiger partial charge in [-0.1, -0.05) is 36.4 Å². The lowest BCUT2D eigenvalue weighted by Crippen LogP contribution is -2.27. The second-order valence-electron chi connectivity index (χ2n) is 6.68. The van der Waals surface area contributed by atoms with Gasteiger partial charge in [0.15, 0.2) is 0 Å². The predicted molar refractivity (Wildman–Crippen MR) is 104 cm³/mol. The molecule has 0 aromatic heterocycles. The fourth-order valence-electron chi connectivity index (χ4n) is 3.24. The Morgan fingerprint density at radius 1 is 1.22 bits per heavy atom. The highest BCUT2D eigenvalue weighted by Gasteiger charge is 2.17. The average molecular weight is 363 g/mol. The average Bonchev–Trinajstić information content (AvgIpc) is 3.21. The number of nitrogens with zero attached hydrogens (tertiary/aromatic N) is 2. The van der Waals surface area contributed by atoms with Crippen LogP contribution in [0.2, 0.25) is 0 Å². The van der Waals surface area contributed by atoms with Crippen LogP contribution < -0.4 is 10.2 Å². The van der Waals surface area contributed by atoms with E-state index >= 15 is 0 Å². The zero-order chi connectivity index (χ0) is 19.2. The number of nitrogens with one attached hydrogen (secondary N) is 1. The highest BCUT2D eigenvalue weighted by atomic mass is 19.1. The van der Waals surface area contributed by atoms with Crippen molar-refractivity contribution in [2.75, 3.05) is 18.0 Å². The normalized spacial score (nSPS) is 15.3. The lowest BCUT2D eigenvalue weighted by molar-refractivity contribution is -0.117. The summed E-state index contributed by atoms with van der Waals surface area (Å²) in [5, 5.41) is 12.2. The summed E-state index contributed by atoms with van der Waals surface area (Å²) in [5.41, 5.74) is 1.97. The minimum absolute atomic E-state index is 0.0499. The monoisotopic (exact) mass is 363 g/mol. The highest BCUT2D eigenvalue weighted by molar-refractivity contribution is 6.01. The van der Waals surface area contributed by atoms with Gasteiger partial charge in [0.2, 0.25) is 0 Å². The van der Waals surface area contributed by atoms with Crippen LogP contribution in [0.3, 0.4) is 0 Å². The lowest BCUT2D eigenvalue weighted by atomic mass is 10.1. The Balaban J connectivity index is 1.74. The highest BCUT2D eigenvalue weighted by Crippen LogP contribution is 2.25. The number of carbonyl (C=O) groups is 1. The predicted octanol–water partition coefficient (Wildman–Crippen LogP) is 4.21. The standard InChI is InChI=1S/C22H22FN3O/c1-16(18-7-3-2-4-8-18)25-22(27)19(15-24)13-17-9-10-21(20(23)14-17)26-11-5-6-12-26/h2-4,7-10,13-14,16H,5-6,11-12H2,1H3,(H,25,27)/b19-13-/t16-/m0/s1. The number of benzene rings is 2. The summed E-state index contributed by atoms with van der Waals surface area (Å²) in [6.07, 6.45) is 3.56. The largest absolute Gasteiger partial charge is 0.369 e. The van der Waals surface area contributed by atoms with Crippen molar-refractivity contribution >= 4 is 17.7 Å². The molecule has 138 valence electrons. The van der Waals surface area contributed by atoms with E-state index in [2.05, 4.69) is 5.32 Å². The third-order valence-corrected chi connectivity index (χ3v) is 4.74. The van der Waals surface area contributed by atoms with E-state index in [-0.39, 0.29) is 17.4 Å². The molecule has 0 aliphatic carbocycles. The SMILES string of the molecule is C[C@H](NC(=O)/C(C#N)=C\c1ccc(N2CCCC2)c(F)c1)c1ccccc1. The van der Waals surface area contributed by atoms with Crippen LogP contribution in [-0.4, -0.2) is 19.0 Å². The van der Waals surface area contributed by atoms with E-state index in [1.54, 1.807) is 12.1 Å². The molecule has 2 aromatic rings. The second kappa shape index (κ2) is 8.50. The first-order valence-electron chi connectivity index (χ1n) is 9.10. The van der Waals surface area contributed by atoms with E-state index in [0.717, 1.165) is 31.5 Å². The number of anilines is 1. The maximum atomic E-state index is 14.4. The van der Waals surface area contributed by atoms with Crippen LogP contribution in [0.25, 0.3) is 6.08 Å². The van der Waals surface area contributed by atoms with Crippen LogP contribution in [0.15, 0.2) is 54.1 Å². The molecule has 1 saturated heterocycles. The van der Waals surface area contributed by atoms with Crippen LogP contribution >= 0.6 is 0 Å².